The Balaban J connectivity index is 2.11. The van der Waals surface area contributed by atoms with Gasteiger partial charge in [0.1, 0.15) is 5.75 Å². The summed E-state index contributed by atoms with van der Waals surface area (Å²) < 4.78 is 5.39. The third-order valence-corrected chi connectivity index (χ3v) is 2.81. The van der Waals surface area contributed by atoms with Gasteiger partial charge in [-0.15, -0.1) is 0 Å². The van der Waals surface area contributed by atoms with Crippen molar-refractivity contribution in [2.75, 3.05) is 12.3 Å². The number of ketones is 1. The highest BCUT2D eigenvalue weighted by molar-refractivity contribution is 5.97. The lowest BCUT2D eigenvalue weighted by atomic mass is 10.0. The number of nitrogens with two attached hydrogens (primary N) is 1. The number of carbonyl (C=O) groups excluding carboxylic acids is 1. The van der Waals surface area contributed by atoms with Gasteiger partial charge in [-0.25, -0.2) is 0 Å². The van der Waals surface area contributed by atoms with E-state index < -0.39 is 0 Å². The van der Waals surface area contributed by atoms with Crippen molar-refractivity contribution in [3.63, 3.8) is 0 Å². The second kappa shape index (κ2) is 6.05. The van der Waals surface area contributed by atoms with Gasteiger partial charge in [0.25, 0.3) is 0 Å². The number of Topliss-reactive ketones (excluding diaryl/α,β-unsaturated/α-hetero) is 1. The predicted molar refractivity (Wildman–Crippen MR) is 76.5 cm³/mol. The number of ether oxygens (including phenoxy) is 1. The van der Waals surface area contributed by atoms with Crippen LogP contribution in [-0.4, -0.2) is 12.4 Å². The van der Waals surface area contributed by atoms with E-state index in [2.05, 4.69) is 0 Å². The average molecular weight is 255 g/mol. The second-order valence-electron chi connectivity index (χ2n) is 4.30. The molecule has 3 heteroatoms. The largest absolute Gasteiger partial charge is 0.494 e. The molecule has 0 aliphatic heterocycles. The van der Waals surface area contributed by atoms with E-state index >= 15 is 0 Å². The number of hydrogen-bond acceptors (Lipinski definition) is 3. The van der Waals surface area contributed by atoms with E-state index in [1.54, 1.807) is 18.2 Å². The molecule has 98 valence electrons. The van der Waals surface area contributed by atoms with Crippen molar-refractivity contribution >= 4 is 11.5 Å². The normalized spacial score (nSPS) is 10.2. The molecule has 0 radical (unpaired) electrons. The molecule has 2 N–H and O–H groups in total. The van der Waals surface area contributed by atoms with E-state index in [1.165, 1.54) is 0 Å². The molecule has 19 heavy (non-hydrogen) atoms. The first-order chi connectivity index (χ1) is 9.19. The molecule has 0 saturated heterocycles. The Morgan fingerprint density at radius 3 is 2.58 bits per heavy atom. The van der Waals surface area contributed by atoms with Crippen LogP contribution in [0.5, 0.6) is 5.75 Å². The van der Waals surface area contributed by atoms with Crippen LogP contribution in [0.4, 0.5) is 5.69 Å². The Morgan fingerprint density at radius 2 is 1.89 bits per heavy atom. The summed E-state index contributed by atoms with van der Waals surface area (Å²) in [6.45, 7) is 2.51. The van der Waals surface area contributed by atoms with E-state index in [-0.39, 0.29) is 5.78 Å². The fourth-order valence-electron chi connectivity index (χ4n) is 1.85. The third kappa shape index (κ3) is 3.58. The third-order valence-electron chi connectivity index (χ3n) is 2.81. The van der Waals surface area contributed by atoms with Crippen LogP contribution in [0.3, 0.4) is 0 Å². The fraction of sp³-hybridized carbons (Fsp3) is 0.188. The first-order valence-electron chi connectivity index (χ1n) is 6.29. The summed E-state index contributed by atoms with van der Waals surface area (Å²) in [5, 5.41) is 0. The molecule has 0 saturated carbocycles. The van der Waals surface area contributed by atoms with Gasteiger partial charge in [-0.1, -0.05) is 24.3 Å². The zero-order chi connectivity index (χ0) is 13.7. The Bertz CT molecular complexity index is 561. The van der Waals surface area contributed by atoms with Crippen molar-refractivity contribution in [3.05, 3.63) is 59.7 Å². The number of rotatable bonds is 5. The Kier molecular flexibility index (Phi) is 4.18. The van der Waals surface area contributed by atoms with Crippen molar-refractivity contribution in [2.45, 2.75) is 13.3 Å². The van der Waals surface area contributed by atoms with Crippen molar-refractivity contribution in [3.8, 4) is 5.75 Å². The molecule has 2 rings (SSSR count). The highest BCUT2D eigenvalue weighted by Crippen LogP contribution is 2.16. The van der Waals surface area contributed by atoms with Crippen LogP contribution in [0, 0.1) is 0 Å². The van der Waals surface area contributed by atoms with Crippen LogP contribution in [0.2, 0.25) is 0 Å². The number of anilines is 1. The monoisotopic (exact) mass is 255 g/mol. The molecule has 3 nitrogen and oxygen atoms in total. The second-order valence-corrected chi connectivity index (χ2v) is 4.30. The highest BCUT2D eigenvalue weighted by atomic mass is 16.5. The number of hydrogen-bond donors (Lipinski definition) is 1. The zero-order valence-electron chi connectivity index (χ0n) is 10.9. The zero-order valence-corrected chi connectivity index (χ0v) is 10.9. The molecule has 0 fully saturated rings. The number of benzene rings is 2. The lowest BCUT2D eigenvalue weighted by Gasteiger charge is -2.06. The lowest BCUT2D eigenvalue weighted by Crippen LogP contribution is -2.04. The molecule has 0 atom stereocenters. The van der Waals surface area contributed by atoms with Crippen molar-refractivity contribution < 1.29 is 9.53 Å². The minimum absolute atomic E-state index is 0.0753. The van der Waals surface area contributed by atoms with Crippen LogP contribution < -0.4 is 10.5 Å². The Morgan fingerprint density at radius 1 is 1.16 bits per heavy atom. The summed E-state index contributed by atoms with van der Waals surface area (Å²) in [7, 11) is 0. The molecule has 0 aliphatic carbocycles. The molecule has 0 heterocycles. The Hall–Kier alpha value is -2.29. The molecule has 2 aromatic carbocycles. The van der Waals surface area contributed by atoms with Crippen LogP contribution in [0.15, 0.2) is 48.5 Å². The summed E-state index contributed by atoms with van der Waals surface area (Å²) in [6.07, 6.45) is 0.371. The van der Waals surface area contributed by atoms with Gasteiger partial charge in [0.15, 0.2) is 5.78 Å². The minimum Gasteiger partial charge on any atom is -0.494 e. The first kappa shape index (κ1) is 13.1. The molecule has 0 spiro atoms. The Labute approximate surface area is 113 Å². The van der Waals surface area contributed by atoms with Gasteiger partial charge in [0, 0.05) is 17.7 Å². The predicted octanol–water partition coefficient (Wildman–Crippen LogP) is 3.09. The van der Waals surface area contributed by atoms with Crippen LogP contribution in [0.1, 0.15) is 22.8 Å². The number of carbonyl (C=O) groups is 1. The summed E-state index contributed by atoms with van der Waals surface area (Å²) in [4.78, 5) is 12.2. The van der Waals surface area contributed by atoms with Gasteiger partial charge < -0.3 is 10.5 Å². The van der Waals surface area contributed by atoms with Gasteiger partial charge in [-0.05, 0) is 36.8 Å². The molecule has 0 amide bonds. The highest BCUT2D eigenvalue weighted by Gasteiger charge is 2.08. The van der Waals surface area contributed by atoms with Crippen molar-refractivity contribution in [1.82, 2.24) is 0 Å². The van der Waals surface area contributed by atoms with Crippen LogP contribution >= 0.6 is 0 Å². The molecule has 0 unspecified atom stereocenters. The maximum Gasteiger partial charge on any atom is 0.167 e. The summed E-state index contributed by atoms with van der Waals surface area (Å²) in [6, 6.07) is 14.6. The van der Waals surface area contributed by atoms with Gasteiger partial charge in [-0.2, -0.15) is 0 Å². The first-order valence-corrected chi connectivity index (χ1v) is 6.29. The van der Waals surface area contributed by atoms with Crippen LogP contribution in [0.25, 0.3) is 0 Å². The molecular weight excluding hydrogens is 238 g/mol. The summed E-state index contributed by atoms with van der Waals surface area (Å²) >= 11 is 0. The minimum atomic E-state index is 0.0753. The number of nitrogen functional groups attached to an aromatic ring is 1. The van der Waals surface area contributed by atoms with Gasteiger partial charge in [0.2, 0.25) is 0 Å². The maximum atomic E-state index is 12.2. The quantitative estimate of drug-likeness (QED) is 0.659. The van der Waals surface area contributed by atoms with Gasteiger partial charge in [-0.3, -0.25) is 4.79 Å². The van der Waals surface area contributed by atoms with Gasteiger partial charge >= 0.3 is 0 Å². The fourth-order valence-corrected chi connectivity index (χ4v) is 1.85. The van der Waals surface area contributed by atoms with Crippen molar-refractivity contribution in [2.24, 2.45) is 0 Å². The molecule has 2 aromatic rings. The lowest BCUT2D eigenvalue weighted by molar-refractivity contribution is 0.0992. The van der Waals surface area contributed by atoms with Gasteiger partial charge in [0.05, 0.1) is 6.61 Å². The van der Waals surface area contributed by atoms with E-state index in [9.17, 15) is 4.79 Å². The van der Waals surface area contributed by atoms with E-state index in [4.69, 9.17) is 10.5 Å². The summed E-state index contributed by atoms with van der Waals surface area (Å²) in [5.74, 6) is 0.803. The molecule has 0 aliphatic rings. The summed E-state index contributed by atoms with van der Waals surface area (Å²) in [5.41, 5.74) is 7.95. The molecule has 0 bridgehead atoms. The average Bonchev–Trinajstić information content (AvgIpc) is 2.42. The molecule has 0 aromatic heterocycles. The van der Waals surface area contributed by atoms with E-state index in [1.807, 2.05) is 37.3 Å². The van der Waals surface area contributed by atoms with E-state index in [0.29, 0.717) is 24.3 Å². The smallest absolute Gasteiger partial charge is 0.167 e. The topological polar surface area (TPSA) is 52.3 Å². The van der Waals surface area contributed by atoms with Crippen LogP contribution in [-0.2, 0) is 6.42 Å². The standard InChI is InChI=1S/C16H17NO2/c1-2-19-15-5-3-4-13(11-15)16(18)10-12-6-8-14(17)9-7-12/h3-9,11H,2,10,17H2,1H3. The van der Waals surface area contributed by atoms with Crippen molar-refractivity contribution in [1.29, 1.82) is 0 Å². The molecular formula is C16H17NO2. The SMILES string of the molecule is CCOc1cccc(C(=O)Cc2ccc(N)cc2)c1. The maximum absolute atomic E-state index is 12.2. The van der Waals surface area contributed by atoms with E-state index in [0.717, 1.165) is 11.3 Å².